The van der Waals surface area contributed by atoms with Gasteiger partial charge in [0.1, 0.15) is 0 Å². The van der Waals surface area contributed by atoms with E-state index in [4.69, 9.17) is 0 Å². The summed E-state index contributed by atoms with van der Waals surface area (Å²) in [6.07, 6.45) is 1.85. The Morgan fingerprint density at radius 1 is 1.50 bits per heavy atom. The predicted molar refractivity (Wildman–Crippen MR) is 75.3 cm³/mol. The second kappa shape index (κ2) is 5.35. The van der Waals surface area contributed by atoms with Gasteiger partial charge in [0.15, 0.2) is 0 Å². The minimum Gasteiger partial charge on any atom is -0.376 e. The number of rotatable bonds is 4. The molecule has 0 aliphatic heterocycles. The lowest BCUT2D eigenvalue weighted by molar-refractivity contribution is 0.724. The normalized spacial score (nSPS) is 12.4. The van der Waals surface area contributed by atoms with Crippen LogP contribution >= 0.6 is 11.3 Å². The van der Waals surface area contributed by atoms with Gasteiger partial charge < -0.3 is 9.88 Å². The summed E-state index contributed by atoms with van der Waals surface area (Å²) in [7, 11) is 0. The molecule has 96 valence electrons. The maximum absolute atomic E-state index is 11.5. The van der Waals surface area contributed by atoms with Crippen LogP contribution in [0.4, 0.5) is 5.69 Å². The van der Waals surface area contributed by atoms with Crippen LogP contribution in [-0.4, -0.2) is 9.55 Å². The van der Waals surface area contributed by atoms with Gasteiger partial charge in [-0.15, -0.1) is 11.3 Å². The fraction of sp³-hybridized carbons (Fsp3) is 0.385. The summed E-state index contributed by atoms with van der Waals surface area (Å²) in [6.45, 7) is 6.70. The lowest BCUT2D eigenvalue weighted by Gasteiger charge is -2.14. The van der Waals surface area contributed by atoms with E-state index in [0.29, 0.717) is 6.54 Å². The molecule has 2 rings (SSSR count). The molecule has 0 aliphatic rings. The highest BCUT2D eigenvalue weighted by Crippen LogP contribution is 2.20. The first-order chi connectivity index (χ1) is 8.60. The summed E-state index contributed by atoms with van der Waals surface area (Å²) in [4.78, 5) is 15.9. The molecule has 0 saturated carbocycles. The van der Waals surface area contributed by atoms with E-state index in [1.54, 1.807) is 22.0 Å². The molecule has 0 fully saturated rings. The molecule has 18 heavy (non-hydrogen) atoms. The van der Waals surface area contributed by atoms with Gasteiger partial charge >= 0.3 is 0 Å². The topological polar surface area (TPSA) is 46.9 Å². The molecule has 2 aromatic heterocycles. The third-order valence-electron chi connectivity index (χ3n) is 2.79. The van der Waals surface area contributed by atoms with Crippen molar-refractivity contribution < 1.29 is 0 Å². The largest absolute Gasteiger partial charge is 0.376 e. The van der Waals surface area contributed by atoms with E-state index in [1.807, 2.05) is 26.1 Å². The zero-order chi connectivity index (χ0) is 13.1. The first-order valence-corrected chi connectivity index (χ1v) is 6.87. The Labute approximate surface area is 110 Å². The van der Waals surface area contributed by atoms with Gasteiger partial charge in [0.05, 0.1) is 22.4 Å². The van der Waals surface area contributed by atoms with Gasteiger partial charge in [0, 0.05) is 24.2 Å². The van der Waals surface area contributed by atoms with Crippen LogP contribution in [0.2, 0.25) is 0 Å². The van der Waals surface area contributed by atoms with E-state index in [9.17, 15) is 4.79 Å². The maximum Gasteiger partial charge on any atom is 0.250 e. The summed E-state index contributed by atoms with van der Waals surface area (Å²) in [5, 5.41) is 6.48. The molecule has 0 saturated heterocycles. The molecule has 1 atom stereocenters. The maximum atomic E-state index is 11.5. The monoisotopic (exact) mass is 263 g/mol. The van der Waals surface area contributed by atoms with Crippen LogP contribution in [0, 0.1) is 6.92 Å². The Bertz CT molecular complexity index is 588. The number of thiazole rings is 1. The number of anilines is 1. The van der Waals surface area contributed by atoms with Crippen LogP contribution in [-0.2, 0) is 6.54 Å². The molecule has 4 nitrogen and oxygen atoms in total. The average Bonchev–Trinajstić information content (AvgIpc) is 2.78. The van der Waals surface area contributed by atoms with Crippen molar-refractivity contribution in [3.05, 3.63) is 44.8 Å². The number of nitrogens with one attached hydrogen (secondary N) is 1. The number of pyridine rings is 1. The molecule has 2 aromatic rings. The Hall–Kier alpha value is -1.62. The molecule has 0 radical (unpaired) electrons. The fourth-order valence-corrected chi connectivity index (χ4v) is 2.47. The van der Waals surface area contributed by atoms with Crippen molar-refractivity contribution in [2.75, 3.05) is 5.32 Å². The second-order valence-electron chi connectivity index (χ2n) is 4.20. The van der Waals surface area contributed by atoms with Crippen LogP contribution in [0.25, 0.3) is 0 Å². The average molecular weight is 263 g/mol. The van der Waals surface area contributed by atoms with Crippen molar-refractivity contribution in [3.8, 4) is 0 Å². The van der Waals surface area contributed by atoms with Crippen molar-refractivity contribution in [2.24, 2.45) is 0 Å². The summed E-state index contributed by atoms with van der Waals surface area (Å²) in [5.41, 5.74) is 2.00. The molecule has 0 spiro atoms. The number of aryl methyl sites for hydroxylation is 2. The molecular formula is C13H17N3OS. The molecule has 1 N–H and O–H groups in total. The third-order valence-corrected chi connectivity index (χ3v) is 3.58. The van der Waals surface area contributed by atoms with Crippen molar-refractivity contribution in [1.29, 1.82) is 0 Å². The number of aromatic nitrogens is 2. The van der Waals surface area contributed by atoms with Crippen molar-refractivity contribution in [3.63, 3.8) is 0 Å². The molecule has 2 heterocycles. The Kier molecular flexibility index (Phi) is 3.81. The second-order valence-corrected chi connectivity index (χ2v) is 5.26. The molecule has 1 unspecified atom stereocenters. The Balaban J connectivity index is 2.16. The van der Waals surface area contributed by atoms with Gasteiger partial charge in [-0.1, -0.05) is 0 Å². The summed E-state index contributed by atoms with van der Waals surface area (Å²) < 4.78 is 1.68. The zero-order valence-electron chi connectivity index (χ0n) is 10.8. The van der Waals surface area contributed by atoms with E-state index in [2.05, 4.69) is 22.6 Å². The van der Waals surface area contributed by atoms with Gasteiger partial charge in [-0.3, -0.25) is 4.79 Å². The first-order valence-electron chi connectivity index (χ1n) is 5.99. The highest BCUT2D eigenvalue weighted by Gasteiger charge is 2.09. The lowest BCUT2D eigenvalue weighted by atomic mass is 10.2. The molecule has 0 aliphatic carbocycles. The van der Waals surface area contributed by atoms with Gasteiger partial charge in [0.2, 0.25) is 0 Å². The van der Waals surface area contributed by atoms with Crippen LogP contribution in [0.1, 0.15) is 30.6 Å². The van der Waals surface area contributed by atoms with E-state index in [1.165, 1.54) is 0 Å². The van der Waals surface area contributed by atoms with Crippen LogP contribution in [0.15, 0.2) is 28.5 Å². The minimum atomic E-state index is 0.0280. The standard InChI is InChI=1S/C13H17N3OS/c1-4-16-7-11(5-6-13(16)17)14-9(2)12-8-18-10(3)15-12/h5-9,14H,4H2,1-3H3. The molecule has 0 aromatic carbocycles. The van der Waals surface area contributed by atoms with Crippen molar-refractivity contribution in [2.45, 2.75) is 33.4 Å². The van der Waals surface area contributed by atoms with Crippen LogP contribution in [0.3, 0.4) is 0 Å². The molecule has 0 amide bonds. The highest BCUT2D eigenvalue weighted by atomic mass is 32.1. The predicted octanol–water partition coefficient (Wildman–Crippen LogP) is 2.81. The van der Waals surface area contributed by atoms with Crippen molar-refractivity contribution in [1.82, 2.24) is 9.55 Å². The minimum absolute atomic E-state index is 0.0280. The SMILES string of the molecule is CCn1cc(NC(C)c2csc(C)n2)ccc1=O. The zero-order valence-corrected chi connectivity index (χ0v) is 11.6. The van der Waals surface area contributed by atoms with Gasteiger partial charge in [-0.25, -0.2) is 4.98 Å². The Morgan fingerprint density at radius 2 is 2.28 bits per heavy atom. The van der Waals surface area contributed by atoms with E-state index >= 15 is 0 Å². The van der Waals surface area contributed by atoms with Crippen molar-refractivity contribution >= 4 is 17.0 Å². The van der Waals surface area contributed by atoms with E-state index in [-0.39, 0.29) is 11.6 Å². The number of hydrogen-bond acceptors (Lipinski definition) is 4. The van der Waals surface area contributed by atoms with Crippen LogP contribution < -0.4 is 10.9 Å². The first kappa shape index (κ1) is 12.8. The lowest BCUT2D eigenvalue weighted by Crippen LogP contribution is -2.18. The Morgan fingerprint density at radius 3 is 2.89 bits per heavy atom. The number of nitrogens with zero attached hydrogens (tertiary/aromatic N) is 2. The smallest absolute Gasteiger partial charge is 0.250 e. The summed E-state index contributed by atoms with van der Waals surface area (Å²) in [5.74, 6) is 0. The van der Waals surface area contributed by atoms with E-state index in [0.717, 1.165) is 16.4 Å². The molecular weight excluding hydrogens is 246 g/mol. The highest BCUT2D eigenvalue weighted by molar-refractivity contribution is 7.09. The number of hydrogen-bond donors (Lipinski definition) is 1. The van der Waals surface area contributed by atoms with Crippen LogP contribution in [0.5, 0.6) is 0 Å². The quantitative estimate of drug-likeness (QED) is 0.922. The molecule has 5 heteroatoms. The van der Waals surface area contributed by atoms with E-state index < -0.39 is 0 Å². The summed E-state index contributed by atoms with van der Waals surface area (Å²) >= 11 is 1.65. The third kappa shape index (κ3) is 2.79. The van der Waals surface area contributed by atoms with Gasteiger partial charge in [-0.05, 0) is 26.8 Å². The molecule has 0 bridgehead atoms. The van der Waals surface area contributed by atoms with Gasteiger partial charge in [-0.2, -0.15) is 0 Å². The fourth-order valence-electron chi connectivity index (χ4n) is 1.77. The van der Waals surface area contributed by atoms with Gasteiger partial charge in [0.25, 0.3) is 5.56 Å². The summed E-state index contributed by atoms with van der Waals surface area (Å²) in [6, 6.07) is 3.53.